The average Bonchev–Trinajstić information content (AvgIpc) is 3.56. The van der Waals surface area contributed by atoms with Crippen LogP contribution in [0.5, 0.6) is 5.75 Å². The number of alkyl halides is 3. The van der Waals surface area contributed by atoms with Crippen LogP contribution in [0.2, 0.25) is 0 Å². The maximum atomic E-state index is 13.7. The zero-order valence-corrected chi connectivity index (χ0v) is 18.2. The number of nitrogens with one attached hydrogen (secondary N) is 4. The predicted octanol–water partition coefficient (Wildman–Crippen LogP) is 3.70. The molecule has 0 aliphatic heterocycles. The standard InChI is InChI=1S/C20H20F4N4O5S/c21-16-11-14(5-8-17(16)33-20(22,23)24)27-19(30)26-13-3-1-12(2-4-13)9-10-25-18(29)28-34(31,32)15-6-7-15/h1-5,8,11,15H,6-7,9-10H2,(H2,25,28,29)(H2,26,27,30). The van der Waals surface area contributed by atoms with E-state index in [9.17, 15) is 35.6 Å². The molecule has 0 saturated heterocycles. The first-order valence-corrected chi connectivity index (χ1v) is 11.5. The van der Waals surface area contributed by atoms with E-state index < -0.39 is 45.3 Å². The molecule has 0 heterocycles. The molecule has 14 heteroatoms. The number of carbonyl (C=O) groups excluding carboxylic acids is 2. The number of anilines is 2. The van der Waals surface area contributed by atoms with Crippen molar-refractivity contribution < 1.29 is 40.3 Å². The van der Waals surface area contributed by atoms with Gasteiger partial charge in [0.2, 0.25) is 10.0 Å². The van der Waals surface area contributed by atoms with Crippen molar-refractivity contribution in [2.45, 2.75) is 30.9 Å². The maximum absolute atomic E-state index is 13.7. The van der Waals surface area contributed by atoms with Gasteiger partial charge in [0.05, 0.1) is 5.25 Å². The Labute approximate surface area is 191 Å². The Balaban J connectivity index is 1.43. The van der Waals surface area contributed by atoms with Crippen LogP contribution in [0.3, 0.4) is 0 Å². The molecule has 2 aromatic carbocycles. The molecule has 0 spiro atoms. The Morgan fingerprint density at radius 3 is 2.18 bits per heavy atom. The molecule has 0 atom stereocenters. The van der Waals surface area contributed by atoms with Crippen LogP contribution < -0.4 is 25.4 Å². The number of sulfonamides is 1. The van der Waals surface area contributed by atoms with Crippen molar-refractivity contribution in [2.75, 3.05) is 17.2 Å². The lowest BCUT2D eigenvalue weighted by atomic mass is 10.1. The van der Waals surface area contributed by atoms with Gasteiger partial charge in [-0.2, -0.15) is 0 Å². The van der Waals surface area contributed by atoms with Crippen LogP contribution in [0.1, 0.15) is 18.4 Å². The van der Waals surface area contributed by atoms with E-state index >= 15 is 0 Å². The van der Waals surface area contributed by atoms with Crippen molar-refractivity contribution in [3.63, 3.8) is 0 Å². The number of amides is 4. The summed E-state index contributed by atoms with van der Waals surface area (Å²) in [6, 6.07) is 7.37. The normalized spacial score (nSPS) is 13.6. The van der Waals surface area contributed by atoms with Gasteiger partial charge in [-0.05, 0) is 49.1 Å². The Morgan fingerprint density at radius 2 is 1.59 bits per heavy atom. The van der Waals surface area contributed by atoms with Crippen molar-refractivity contribution in [1.29, 1.82) is 0 Å². The third kappa shape index (κ3) is 7.79. The molecule has 0 unspecified atom stereocenters. The number of carbonyl (C=O) groups is 2. The monoisotopic (exact) mass is 504 g/mol. The number of urea groups is 2. The number of hydrogen-bond acceptors (Lipinski definition) is 5. The minimum absolute atomic E-state index is 0.0887. The van der Waals surface area contributed by atoms with E-state index in [0.29, 0.717) is 31.0 Å². The molecule has 184 valence electrons. The summed E-state index contributed by atoms with van der Waals surface area (Å²) in [6.07, 6.45) is -3.56. The molecule has 34 heavy (non-hydrogen) atoms. The lowest BCUT2D eigenvalue weighted by Gasteiger charge is -2.12. The fraction of sp³-hybridized carbons (Fsp3) is 0.300. The second-order valence-corrected chi connectivity index (χ2v) is 9.28. The molecule has 0 radical (unpaired) electrons. The minimum atomic E-state index is -5.04. The van der Waals surface area contributed by atoms with Crippen molar-refractivity contribution >= 4 is 33.5 Å². The van der Waals surface area contributed by atoms with E-state index in [1.807, 2.05) is 4.72 Å². The van der Waals surface area contributed by atoms with Gasteiger partial charge >= 0.3 is 18.4 Å². The van der Waals surface area contributed by atoms with E-state index in [2.05, 4.69) is 20.7 Å². The van der Waals surface area contributed by atoms with Gasteiger partial charge in [-0.15, -0.1) is 13.2 Å². The van der Waals surface area contributed by atoms with Gasteiger partial charge in [0.15, 0.2) is 11.6 Å². The zero-order valence-electron chi connectivity index (χ0n) is 17.4. The summed E-state index contributed by atoms with van der Waals surface area (Å²) >= 11 is 0. The molecule has 4 N–H and O–H groups in total. The van der Waals surface area contributed by atoms with E-state index in [4.69, 9.17) is 0 Å². The van der Waals surface area contributed by atoms with Crippen LogP contribution in [0.25, 0.3) is 0 Å². The summed E-state index contributed by atoms with van der Waals surface area (Å²) in [4.78, 5) is 23.7. The highest BCUT2D eigenvalue weighted by molar-refractivity contribution is 7.90. The molecule has 9 nitrogen and oxygen atoms in total. The highest BCUT2D eigenvalue weighted by Crippen LogP contribution is 2.28. The second-order valence-electron chi connectivity index (χ2n) is 7.32. The predicted molar refractivity (Wildman–Crippen MR) is 114 cm³/mol. The molecule has 4 amide bonds. The summed E-state index contributed by atoms with van der Waals surface area (Å²) in [5.74, 6) is -2.32. The van der Waals surface area contributed by atoms with Gasteiger partial charge in [-0.1, -0.05) is 12.1 Å². The summed E-state index contributed by atoms with van der Waals surface area (Å²) in [5.41, 5.74) is 1.08. The Kier molecular flexibility index (Phi) is 7.49. The second kappa shape index (κ2) is 10.2. The smallest absolute Gasteiger partial charge is 0.403 e. The van der Waals surface area contributed by atoms with Gasteiger partial charge in [0.25, 0.3) is 0 Å². The van der Waals surface area contributed by atoms with Crippen LogP contribution in [0.4, 0.5) is 38.5 Å². The maximum Gasteiger partial charge on any atom is 0.573 e. The van der Waals surface area contributed by atoms with Gasteiger partial charge in [-0.3, -0.25) is 0 Å². The van der Waals surface area contributed by atoms with Crippen LogP contribution in [0.15, 0.2) is 42.5 Å². The number of hydrogen-bond donors (Lipinski definition) is 4. The van der Waals surface area contributed by atoms with Gasteiger partial charge in [-0.25, -0.2) is 27.1 Å². The molecule has 1 aliphatic rings. The number of ether oxygens (including phenoxy) is 1. The Bertz CT molecular complexity index is 1150. The molecule has 0 bridgehead atoms. The number of rotatable bonds is 8. The quantitative estimate of drug-likeness (QED) is 0.408. The SMILES string of the molecule is O=C(Nc1ccc(CCNC(=O)NS(=O)(=O)C2CC2)cc1)Nc1ccc(OC(F)(F)F)c(F)c1. The first kappa shape index (κ1) is 25.1. The molecule has 2 aromatic rings. The Morgan fingerprint density at radius 1 is 0.971 bits per heavy atom. The summed E-state index contributed by atoms with van der Waals surface area (Å²) in [5, 5.41) is 6.71. The molecule has 0 aromatic heterocycles. The molecule has 1 aliphatic carbocycles. The summed E-state index contributed by atoms with van der Waals surface area (Å²) in [7, 11) is -3.61. The topological polar surface area (TPSA) is 126 Å². The molecular weight excluding hydrogens is 484 g/mol. The first-order chi connectivity index (χ1) is 15.9. The van der Waals surface area contributed by atoms with Crippen LogP contribution >= 0.6 is 0 Å². The summed E-state index contributed by atoms with van der Waals surface area (Å²) in [6.45, 7) is 0.179. The van der Waals surface area contributed by atoms with E-state index in [-0.39, 0.29) is 12.2 Å². The lowest BCUT2D eigenvalue weighted by Crippen LogP contribution is -2.41. The third-order valence-corrected chi connectivity index (χ3v) is 6.34. The fourth-order valence-corrected chi connectivity index (χ4v) is 4.04. The first-order valence-electron chi connectivity index (χ1n) is 9.93. The lowest BCUT2D eigenvalue weighted by molar-refractivity contribution is -0.275. The van der Waals surface area contributed by atoms with Gasteiger partial charge < -0.3 is 20.7 Å². The molecule has 1 fully saturated rings. The highest BCUT2D eigenvalue weighted by atomic mass is 32.2. The van der Waals surface area contributed by atoms with Gasteiger partial charge in [0, 0.05) is 24.0 Å². The van der Waals surface area contributed by atoms with Crippen molar-refractivity contribution in [3.05, 3.63) is 53.8 Å². The van der Waals surface area contributed by atoms with Gasteiger partial charge in [0.1, 0.15) is 0 Å². The van der Waals surface area contributed by atoms with Crippen molar-refractivity contribution in [1.82, 2.24) is 10.0 Å². The van der Waals surface area contributed by atoms with E-state index in [1.54, 1.807) is 24.3 Å². The highest BCUT2D eigenvalue weighted by Gasteiger charge is 2.36. The van der Waals surface area contributed by atoms with Crippen molar-refractivity contribution in [3.8, 4) is 5.75 Å². The van der Waals surface area contributed by atoms with Crippen LogP contribution in [0, 0.1) is 5.82 Å². The Hall–Kier alpha value is -3.55. The van der Waals surface area contributed by atoms with Crippen molar-refractivity contribution in [2.24, 2.45) is 0 Å². The zero-order chi connectivity index (χ0) is 24.9. The van der Waals surface area contributed by atoms with E-state index in [0.717, 1.165) is 17.7 Å². The molecule has 3 rings (SSSR count). The third-order valence-electron chi connectivity index (χ3n) is 4.52. The number of halogens is 4. The van der Waals surface area contributed by atoms with Crippen LogP contribution in [-0.4, -0.2) is 38.6 Å². The molecular formula is C20H20F4N4O5S. The average molecular weight is 504 g/mol. The molecule has 1 saturated carbocycles. The fourth-order valence-electron chi connectivity index (χ4n) is 2.78. The number of benzene rings is 2. The van der Waals surface area contributed by atoms with Crippen LogP contribution in [-0.2, 0) is 16.4 Å². The minimum Gasteiger partial charge on any atom is -0.403 e. The summed E-state index contributed by atoms with van der Waals surface area (Å²) < 4.78 is 79.1. The largest absolute Gasteiger partial charge is 0.573 e. The van der Waals surface area contributed by atoms with E-state index in [1.165, 1.54) is 0 Å².